The van der Waals surface area contributed by atoms with Crippen LogP contribution in [0, 0.1) is 0 Å². The van der Waals surface area contributed by atoms with E-state index in [1.807, 2.05) is 12.1 Å². The summed E-state index contributed by atoms with van der Waals surface area (Å²) in [5.74, 6) is -0.144. The summed E-state index contributed by atoms with van der Waals surface area (Å²) in [6.45, 7) is 2.40. The van der Waals surface area contributed by atoms with Crippen LogP contribution in [0.15, 0.2) is 23.7 Å². The molecule has 1 aromatic carbocycles. The van der Waals surface area contributed by atoms with Crippen LogP contribution >= 0.6 is 22.7 Å². The van der Waals surface area contributed by atoms with Crippen LogP contribution in [-0.4, -0.2) is 40.9 Å². The van der Waals surface area contributed by atoms with Gasteiger partial charge in [0.25, 0.3) is 5.91 Å². The summed E-state index contributed by atoms with van der Waals surface area (Å²) >= 11 is 2.82. The predicted molar refractivity (Wildman–Crippen MR) is 103 cm³/mol. The molecular formula is C16H16N4O3S3. The van der Waals surface area contributed by atoms with Gasteiger partial charge in [0.2, 0.25) is 10.0 Å². The second-order valence-electron chi connectivity index (χ2n) is 5.86. The van der Waals surface area contributed by atoms with Gasteiger partial charge in [-0.3, -0.25) is 10.1 Å². The van der Waals surface area contributed by atoms with E-state index in [0.717, 1.165) is 20.8 Å². The maximum atomic E-state index is 12.5. The summed E-state index contributed by atoms with van der Waals surface area (Å²) in [6, 6.07) is 5.37. The molecule has 2 aromatic heterocycles. The molecule has 4 rings (SSSR count). The average Bonchev–Trinajstić information content (AvgIpc) is 3.26. The van der Waals surface area contributed by atoms with Crippen LogP contribution in [0.4, 0.5) is 5.13 Å². The van der Waals surface area contributed by atoms with E-state index in [-0.39, 0.29) is 11.7 Å². The van der Waals surface area contributed by atoms with Gasteiger partial charge in [0, 0.05) is 30.0 Å². The van der Waals surface area contributed by atoms with Crippen molar-refractivity contribution in [3.05, 3.63) is 39.8 Å². The molecule has 0 saturated heterocycles. The van der Waals surface area contributed by atoms with E-state index in [2.05, 4.69) is 15.3 Å². The largest absolute Gasteiger partial charge is 0.298 e. The number of thiazole rings is 2. The highest BCUT2D eigenvalue weighted by atomic mass is 32.2. The monoisotopic (exact) mass is 408 g/mol. The molecule has 1 amide bonds. The molecule has 7 nitrogen and oxygen atoms in total. The Morgan fingerprint density at radius 1 is 1.38 bits per heavy atom. The number of hydrogen-bond acceptors (Lipinski definition) is 7. The molecule has 0 fully saturated rings. The number of sulfonamides is 1. The van der Waals surface area contributed by atoms with Gasteiger partial charge in [-0.15, -0.1) is 22.7 Å². The molecule has 3 heterocycles. The first-order valence-electron chi connectivity index (χ1n) is 8.07. The highest BCUT2D eigenvalue weighted by Gasteiger charge is 2.28. The number of carbonyl (C=O) groups excluding carboxylic acids is 1. The molecule has 3 aromatic rings. The van der Waals surface area contributed by atoms with Gasteiger partial charge in [-0.1, -0.05) is 0 Å². The van der Waals surface area contributed by atoms with E-state index < -0.39 is 10.0 Å². The Kier molecular flexibility index (Phi) is 4.51. The number of anilines is 1. The molecule has 0 aliphatic carbocycles. The van der Waals surface area contributed by atoms with Crippen molar-refractivity contribution in [1.29, 1.82) is 0 Å². The van der Waals surface area contributed by atoms with Gasteiger partial charge < -0.3 is 0 Å². The Morgan fingerprint density at radius 3 is 3.04 bits per heavy atom. The molecule has 1 N–H and O–H groups in total. The first-order chi connectivity index (χ1) is 12.5. The van der Waals surface area contributed by atoms with Crippen LogP contribution in [0.3, 0.4) is 0 Å². The first-order valence-corrected chi connectivity index (χ1v) is 11.4. The minimum absolute atomic E-state index is 0.0881. The summed E-state index contributed by atoms with van der Waals surface area (Å²) < 4.78 is 26.5. The maximum Gasteiger partial charge on any atom is 0.257 e. The van der Waals surface area contributed by atoms with E-state index in [0.29, 0.717) is 30.2 Å². The van der Waals surface area contributed by atoms with Gasteiger partial charge >= 0.3 is 0 Å². The Labute approximate surface area is 158 Å². The Hall–Kier alpha value is -1.88. The Bertz CT molecular complexity index is 1090. The smallest absolute Gasteiger partial charge is 0.257 e. The molecule has 0 radical (unpaired) electrons. The normalized spacial score (nSPS) is 15.1. The quantitative estimate of drug-likeness (QED) is 0.717. The fourth-order valence-electron chi connectivity index (χ4n) is 2.81. The predicted octanol–water partition coefficient (Wildman–Crippen LogP) is 2.71. The minimum Gasteiger partial charge on any atom is -0.298 e. The highest BCUT2D eigenvalue weighted by Crippen LogP contribution is 2.30. The third-order valence-corrected chi connectivity index (χ3v) is 7.89. The lowest BCUT2D eigenvalue weighted by Crippen LogP contribution is -2.36. The number of fused-ring (bicyclic) bond motifs is 2. The topological polar surface area (TPSA) is 92.3 Å². The van der Waals surface area contributed by atoms with Crippen molar-refractivity contribution in [3.8, 4) is 0 Å². The van der Waals surface area contributed by atoms with Crippen LogP contribution in [0.2, 0.25) is 0 Å². The van der Waals surface area contributed by atoms with Crippen molar-refractivity contribution < 1.29 is 13.2 Å². The van der Waals surface area contributed by atoms with Crippen LogP contribution in [0.25, 0.3) is 10.2 Å². The first kappa shape index (κ1) is 17.5. The van der Waals surface area contributed by atoms with Crippen molar-refractivity contribution in [1.82, 2.24) is 14.3 Å². The lowest BCUT2D eigenvalue weighted by molar-refractivity contribution is 0.102. The van der Waals surface area contributed by atoms with E-state index in [4.69, 9.17) is 0 Å². The molecule has 26 heavy (non-hydrogen) atoms. The zero-order chi connectivity index (χ0) is 18.3. The van der Waals surface area contributed by atoms with Crippen molar-refractivity contribution in [3.63, 3.8) is 0 Å². The third kappa shape index (κ3) is 3.25. The number of benzene rings is 1. The summed E-state index contributed by atoms with van der Waals surface area (Å²) in [5.41, 5.74) is 4.03. The fraction of sp³-hybridized carbons (Fsp3) is 0.312. The molecule has 0 bridgehead atoms. The second-order valence-corrected chi connectivity index (χ2v) is 10.1. The number of aromatic nitrogens is 2. The molecule has 1 aliphatic heterocycles. The summed E-state index contributed by atoms with van der Waals surface area (Å²) in [6.07, 6.45) is 0.563. The molecule has 0 atom stereocenters. The number of carbonyl (C=O) groups is 1. The molecule has 10 heteroatoms. The zero-order valence-electron chi connectivity index (χ0n) is 13.9. The summed E-state index contributed by atoms with van der Waals surface area (Å²) in [7, 11) is -3.22. The van der Waals surface area contributed by atoms with Gasteiger partial charge in [0.15, 0.2) is 5.13 Å². The van der Waals surface area contributed by atoms with Crippen LogP contribution in [0.5, 0.6) is 0 Å². The van der Waals surface area contributed by atoms with Crippen molar-refractivity contribution >= 4 is 54.0 Å². The van der Waals surface area contributed by atoms with E-state index in [9.17, 15) is 13.2 Å². The van der Waals surface area contributed by atoms with E-state index in [1.54, 1.807) is 18.5 Å². The number of nitrogens with one attached hydrogen (secondary N) is 1. The van der Waals surface area contributed by atoms with Gasteiger partial charge in [-0.05, 0) is 25.1 Å². The van der Waals surface area contributed by atoms with Crippen molar-refractivity contribution in [2.24, 2.45) is 0 Å². The Morgan fingerprint density at radius 2 is 2.23 bits per heavy atom. The summed E-state index contributed by atoms with van der Waals surface area (Å²) in [4.78, 5) is 22.1. The van der Waals surface area contributed by atoms with Crippen molar-refractivity contribution in [2.75, 3.05) is 17.6 Å². The van der Waals surface area contributed by atoms with Gasteiger partial charge in [0.1, 0.15) is 0 Å². The molecule has 0 saturated carbocycles. The second kappa shape index (κ2) is 6.69. The number of nitrogens with zero attached hydrogens (tertiary/aromatic N) is 3. The van der Waals surface area contributed by atoms with Crippen LogP contribution < -0.4 is 5.32 Å². The average molecular weight is 409 g/mol. The fourth-order valence-corrected chi connectivity index (χ4v) is 5.69. The van der Waals surface area contributed by atoms with Crippen molar-refractivity contribution in [2.45, 2.75) is 19.9 Å². The standard InChI is InChI=1S/C16H16N4O3S3/c1-2-26(22,23)20-6-5-12-14(8-20)25-16(18-12)19-15(21)10-3-4-11-13(7-10)24-9-17-11/h3-4,7,9H,2,5-6,8H2,1H3,(H,18,19,21). The molecule has 0 unspecified atom stereocenters. The Balaban J connectivity index is 1.52. The number of rotatable bonds is 4. The molecule has 0 spiro atoms. The lowest BCUT2D eigenvalue weighted by atomic mass is 10.2. The molecule has 1 aliphatic rings. The highest BCUT2D eigenvalue weighted by molar-refractivity contribution is 7.89. The number of amides is 1. The SMILES string of the molecule is CCS(=O)(=O)N1CCc2nc(NC(=O)c3ccc4ncsc4c3)sc2C1. The van der Waals surface area contributed by atoms with Gasteiger partial charge in [0.05, 0.1) is 27.2 Å². The minimum atomic E-state index is -3.22. The zero-order valence-corrected chi connectivity index (χ0v) is 16.4. The summed E-state index contributed by atoms with van der Waals surface area (Å²) in [5, 5.41) is 3.32. The lowest BCUT2D eigenvalue weighted by Gasteiger charge is -2.24. The third-order valence-electron chi connectivity index (χ3n) is 4.27. The van der Waals surface area contributed by atoms with E-state index >= 15 is 0 Å². The maximum absolute atomic E-state index is 12.5. The van der Waals surface area contributed by atoms with Gasteiger partial charge in [-0.2, -0.15) is 4.31 Å². The van der Waals surface area contributed by atoms with Crippen LogP contribution in [0.1, 0.15) is 27.9 Å². The number of hydrogen-bond donors (Lipinski definition) is 1. The van der Waals surface area contributed by atoms with Crippen LogP contribution in [-0.2, 0) is 23.0 Å². The molecule has 136 valence electrons. The molecular weight excluding hydrogens is 392 g/mol. The van der Waals surface area contributed by atoms with E-state index in [1.165, 1.54) is 27.0 Å². The van der Waals surface area contributed by atoms with Gasteiger partial charge in [-0.25, -0.2) is 18.4 Å².